The van der Waals surface area contributed by atoms with Crippen molar-refractivity contribution < 1.29 is 22.7 Å². The Bertz CT molecular complexity index is 1690. The largest absolute Gasteiger partial charge is 0.497 e. The molecule has 0 spiro atoms. The van der Waals surface area contributed by atoms with Gasteiger partial charge in [0, 0.05) is 17.8 Å². The fourth-order valence-electron chi connectivity index (χ4n) is 4.85. The number of nitrogens with one attached hydrogen (secondary N) is 1. The van der Waals surface area contributed by atoms with Gasteiger partial charge in [-0.3, -0.25) is 9.78 Å². The van der Waals surface area contributed by atoms with E-state index in [9.17, 15) is 18.0 Å². The van der Waals surface area contributed by atoms with Gasteiger partial charge in [0.1, 0.15) is 23.2 Å². The van der Waals surface area contributed by atoms with Crippen LogP contribution in [-0.2, 0) is 17.6 Å². The molecule has 40 heavy (non-hydrogen) atoms. The van der Waals surface area contributed by atoms with E-state index >= 15 is 0 Å². The number of methoxy groups -OCH3 is 1. The first kappa shape index (κ1) is 26.7. The van der Waals surface area contributed by atoms with Gasteiger partial charge in [0.05, 0.1) is 31.0 Å². The van der Waals surface area contributed by atoms with Crippen LogP contribution in [0.25, 0.3) is 21.9 Å². The zero-order valence-electron chi connectivity index (χ0n) is 21.6. The quantitative estimate of drug-likeness (QED) is 0.218. The zero-order chi connectivity index (χ0) is 28.2. The molecule has 8 heteroatoms. The maximum Gasteiger partial charge on any atom is 0.224 e. The second kappa shape index (κ2) is 11.5. The molecular weight excluding hydrogens is 515 g/mol. The molecule has 0 bridgehead atoms. The molecule has 0 fully saturated rings. The number of nitrogens with zero attached hydrogens (tertiary/aromatic N) is 1. The van der Waals surface area contributed by atoms with E-state index in [2.05, 4.69) is 10.3 Å². The van der Waals surface area contributed by atoms with Crippen molar-refractivity contribution in [3.05, 3.63) is 125 Å². The van der Waals surface area contributed by atoms with Crippen LogP contribution in [0.2, 0.25) is 0 Å². The highest BCUT2D eigenvalue weighted by Crippen LogP contribution is 2.31. The summed E-state index contributed by atoms with van der Waals surface area (Å²) in [7, 11) is 1.58. The van der Waals surface area contributed by atoms with Crippen LogP contribution in [0.3, 0.4) is 0 Å². The van der Waals surface area contributed by atoms with Gasteiger partial charge in [-0.05, 0) is 76.3 Å². The summed E-state index contributed by atoms with van der Waals surface area (Å²) < 4.78 is 47.4. The van der Waals surface area contributed by atoms with Crippen molar-refractivity contribution in [2.45, 2.75) is 18.9 Å². The summed E-state index contributed by atoms with van der Waals surface area (Å²) >= 11 is 0. The normalized spacial score (nSPS) is 11.8. The number of anilines is 1. The molecule has 1 aromatic heterocycles. The molecular formula is C32H26F3N3O2. The number of benzene rings is 4. The number of aromatic nitrogens is 1. The van der Waals surface area contributed by atoms with Crippen molar-refractivity contribution >= 4 is 22.4 Å². The first-order valence-electron chi connectivity index (χ1n) is 12.6. The molecule has 1 atom stereocenters. The van der Waals surface area contributed by atoms with Crippen LogP contribution in [-0.4, -0.2) is 18.0 Å². The summed E-state index contributed by atoms with van der Waals surface area (Å²) in [4.78, 5) is 18.0. The molecule has 0 aliphatic heterocycles. The van der Waals surface area contributed by atoms with E-state index in [4.69, 9.17) is 10.5 Å². The van der Waals surface area contributed by atoms with Gasteiger partial charge < -0.3 is 15.8 Å². The third kappa shape index (κ3) is 5.91. The van der Waals surface area contributed by atoms with Crippen LogP contribution in [0.4, 0.5) is 18.9 Å². The van der Waals surface area contributed by atoms with Crippen molar-refractivity contribution in [1.82, 2.24) is 10.3 Å². The number of carbonyl (C=O) groups excluding carboxylic acids is 1. The molecule has 202 valence electrons. The number of amides is 1. The first-order chi connectivity index (χ1) is 19.3. The molecule has 5 rings (SSSR count). The van der Waals surface area contributed by atoms with E-state index in [-0.39, 0.29) is 24.4 Å². The van der Waals surface area contributed by atoms with Crippen LogP contribution in [0, 0.1) is 17.5 Å². The maximum absolute atomic E-state index is 14.1. The highest BCUT2D eigenvalue weighted by molar-refractivity contribution is 5.91. The lowest BCUT2D eigenvalue weighted by molar-refractivity contribution is -0.121. The first-order valence-corrected chi connectivity index (χ1v) is 12.6. The summed E-state index contributed by atoms with van der Waals surface area (Å²) in [5, 5.41) is 4.85. The van der Waals surface area contributed by atoms with Crippen LogP contribution in [0.1, 0.15) is 22.9 Å². The van der Waals surface area contributed by atoms with Gasteiger partial charge in [-0.15, -0.1) is 0 Å². The van der Waals surface area contributed by atoms with Gasteiger partial charge in [0.2, 0.25) is 5.91 Å². The molecule has 0 unspecified atom stereocenters. The monoisotopic (exact) mass is 541 g/mol. The Kier molecular flexibility index (Phi) is 7.68. The highest BCUT2D eigenvalue weighted by Gasteiger charge is 2.22. The zero-order valence-corrected chi connectivity index (χ0v) is 21.6. The van der Waals surface area contributed by atoms with E-state index in [0.717, 1.165) is 22.4 Å². The van der Waals surface area contributed by atoms with Crippen LogP contribution in [0.5, 0.6) is 5.75 Å². The van der Waals surface area contributed by atoms with Crippen LogP contribution < -0.4 is 15.8 Å². The molecule has 5 nitrogen and oxygen atoms in total. The van der Waals surface area contributed by atoms with E-state index in [1.807, 2.05) is 36.4 Å². The molecule has 4 aromatic carbocycles. The second-order valence-corrected chi connectivity index (χ2v) is 9.46. The van der Waals surface area contributed by atoms with E-state index in [0.29, 0.717) is 28.1 Å². The fourth-order valence-corrected chi connectivity index (χ4v) is 4.85. The number of pyridine rings is 1. The number of hydrogen-bond acceptors (Lipinski definition) is 4. The SMILES string of the molecule is COc1ccc2cccc(CC(=O)N[C@@H](Cc3cc(F)cc(F)c3)c3ncccc3-c3ccc(F)c(N)c3)c2c1. The number of fused-ring (bicyclic) bond motifs is 1. The maximum atomic E-state index is 14.1. The van der Waals surface area contributed by atoms with Gasteiger partial charge in [-0.25, -0.2) is 13.2 Å². The van der Waals surface area contributed by atoms with Crippen molar-refractivity contribution in [3.8, 4) is 16.9 Å². The second-order valence-electron chi connectivity index (χ2n) is 9.46. The molecule has 0 saturated carbocycles. The average molecular weight is 542 g/mol. The minimum Gasteiger partial charge on any atom is -0.497 e. The molecule has 3 N–H and O–H groups in total. The molecule has 0 radical (unpaired) electrons. The predicted molar refractivity (Wildman–Crippen MR) is 149 cm³/mol. The topological polar surface area (TPSA) is 77.2 Å². The Labute approximate surface area is 229 Å². The number of rotatable bonds is 8. The number of nitrogens with two attached hydrogens (primary N) is 1. The number of ether oxygens (including phenoxy) is 1. The Morgan fingerprint density at radius 2 is 1.75 bits per heavy atom. The number of halogens is 3. The average Bonchev–Trinajstić information content (AvgIpc) is 2.93. The summed E-state index contributed by atoms with van der Waals surface area (Å²) in [6.45, 7) is 0. The Hall–Kier alpha value is -4.85. The number of carbonyl (C=O) groups is 1. The highest BCUT2D eigenvalue weighted by atomic mass is 19.1. The van der Waals surface area contributed by atoms with Gasteiger partial charge in [0.15, 0.2) is 0 Å². The molecule has 0 saturated heterocycles. The predicted octanol–water partition coefficient (Wildman–Crippen LogP) is 6.55. The minimum atomic E-state index is -0.763. The lowest BCUT2D eigenvalue weighted by atomic mass is 9.94. The molecule has 1 heterocycles. The number of hydrogen-bond donors (Lipinski definition) is 2. The molecule has 5 aromatic rings. The summed E-state index contributed by atoms with van der Waals surface area (Å²) in [5.74, 6) is -1.65. The van der Waals surface area contributed by atoms with E-state index in [1.165, 1.54) is 24.3 Å². The summed E-state index contributed by atoms with van der Waals surface area (Å²) in [6, 6.07) is 21.6. The third-order valence-electron chi connectivity index (χ3n) is 6.70. The van der Waals surface area contributed by atoms with Crippen molar-refractivity contribution in [1.29, 1.82) is 0 Å². The molecule has 0 aliphatic rings. The van der Waals surface area contributed by atoms with Gasteiger partial charge in [-0.1, -0.05) is 36.4 Å². The van der Waals surface area contributed by atoms with E-state index < -0.39 is 23.5 Å². The lowest BCUT2D eigenvalue weighted by Gasteiger charge is -2.22. The van der Waals surface area contributed by atoms with Crippen molar-refractivity contribution in [2.24, 2.45) is 0 Å². The van der Waals surface area contributed by atoms with Crippen LogP contribution >= 0.6 is 0 Å². The standard InChI is InChI=1S/C32H26F3N3O2/c1-40-25-9-7-20-4-2-5-21(27(20)18-25)16-31(39)38-30(14-19-12-23(33)17-24(34)13-19)32-26(6-3-11-37-32)22-8-10-28(35)29(36)15-22/h2-13,15,17-18,30H,14,16,36H2,1H3,(H,38,39)/t30-/m0/s1. The van der Waals surface area contributed by atoms with Crippen molar-refractivity contribution in [3.63, 3.8) is 0 Å². The minimum absolute atomic E-state index is 0.0357. The van der Waals surface area contributed by atoms with Crippen molar-refractivity contribution in [2.75, 3.05) is 12.8 Å². The Morgan fingerprint density at radius 1 is 0.950 bits per heavy atom. The lowest BCUT2D eigenvalue weighted by Crippen LogP contribution is -2.32. The van der Waals surface area contributed by atoms with Gasteiger partial charge in [0.25, 0.3) is 0 Å². The smallest absolute Gasteiger partial charge is 0.224 e. The summed E-state index contributed by atoms with van der Waals surface area (Å²) in [6.07, 6.45) is 1.67. The third-order valence-corrected chi connectivity index (χ3v) is 6.70. The van der Waals surface area contributed by atoms with E-state index in [1.54, 1.807) is 31.5 Å². The Balaban J connectivity index is 1.52. The Morgan fingerprint density at radius 3 is 2.50 bits per heavy atom. The fraction of sp³-hybridized carbons (Fsp3) is 0.125. The summed E-state index contributed by atoms with van der Waals surface area (Å²) in [5.41, 5.74) is 8.55. The number of nitrogen functional groups attached to an aromatic ring is 1. The van der Waals surface area contributed by atoms with Gasteiger partial charge in [-0.2, -0.15) is 0 Å². The van der Waals surface area contributed by atoms with Crippen LogP contribution in [0.15, 0.2) is 91.1 Å². The van der Waals surface area contributed by atoms with Gasteiger partial charge >= 0.3 is 0 Å². The molecule has 1 amide bonds. The molecule has 0 aliphatic carbocycles.